The Morgan fingerprint density at radius 2 is 1.80 bits per heavy atom. The van der Waals surface area contributed by atoms with E-state index in [9.17, 15) is 4.79 Å². The van der Waals surface area contributed by atoms with Gasteiger partial charge < -0.3 is 15.2 Å². The van der Waals surface area contributed by atoms with Crippen molar-refractivity contribution in [2.75, 3.05) is 14.2 Å². The zero-order valence-electron chi connectivity index (χ0n) is 10.6. The Kier molecular flexibility index (Phi) is 4.74. The second-order valence-corrected chi connectivity index (χ2v) is 4.77. The van der Waals surface area contributed by atoms with Gasteiger partial charge in [0.15, 0.2) is 0 Å². The molecule has 0 bridgehead atoms. The highest BCUT2D eigenvalue weighted by Gasteiger charge is 2.45. The Hall–Kier alpha value is -0.610. The van der Waals surface area contributed by atoms with E-state index in [4.69, 9.17) is 10.5 Å². The van der Waals surface area contributed by atoms with E-state index in [1.807, 2.05) is 27.7 Å². The molecule has 0 radical (unpaired) electrons. The molecule has 0 aromatic carbocycles. The number of hydrogen-bond acceptors (Lipinski definition) is 4. The number of methoxy groups -OCH3 is 2. The lowest BCUT2D eigenvalue weighted by molar-refractivity contribution is -0.148. The molecule has 0 aliphatic carbocycles. The highest BCUT2D eigenvalue weighted by molar-refractivity contribution is 5.70. The molecule has 15 heavy (non-hydrogen) atoms. The third kappa shape index (κ3) is 3.18. The molecule has 0 rings (SSSR count). The second kappa shape index (κ2) is 4.94. The van der Waals surface area contributed by atoms with Crippen molar-refractivity contribution in [1.82, 2.24) is 0 Å². The van der Waals surface area contributed by atoms with Crippen LogP contribution in [0.1, 0.15) is 34.1 Å². The van der Waals surface area contributed by atoms with Crippen LogP contribution in [0, 0.1) is 5.41 Å². The van der Waals surface area contributed by atoms with Gasteiger partial charge in [-0.05, 0) is 20.8 Å². The molecule has 2 unspecified atom stereocenters. The second-order valence-electron chi connectivity index (χ2n) is 4.77. The Morgan fingerprint density at radius 3 is 2.07 bits per heavy atom. The molecule has 0 aromatic heterocycles. The minimum atomic E-state index is -0.517. The van der Waals surface area contributed by atoms with Crippen LogP contribution in [0.3, 0.4) is 0 Å². The van der Waals surface area contributed by atoms with Crippen molar-refractivity contribution in [3.05, 3.63) is 0 Å². The highest BCUT2D eigenvalue weighted by atomic mass is 16.5. The lowest BCUT2D eigenvalue weighted by atomic mass is 9.67. The summed E-state index contributed by atoms with van der Waals surface area (Å²) in [5, 5.41) is 0. The first-order valence-electron chi connectivity index (χ1n) is 5.07. The summed E-state index contributed by atoms with van der Waals surface area (Å²) in [5.74, 6) is -0.264. The molecular weight excluding hydrogens is 194 g/mol. The maximum Gasteiger partial charge on any atom is 0.306 e. The fourth-order valence-corrected chi connectivity index (χ4v) is 1.53. The van der Waals surface area contributed by atoms with E-state index in [1.165, 1.54) is 7.11 Å². The molecule has 0 aliphatic heterocycles. The molecule has 0 spiro atoms. The summed E-state index contributed by atoms with van der Waals surface area (Å²) in [6, 6.07) is 0. The predicted octanol–water partition coefficient (Wildman–Crippen LogP) is 1.33. The maximum atomic E-state index is 11.4. The van der Waals surface area contributed by atoms with Gasteiger partial charge in [0.1, 0.15) is 0 Å². The van der Waals surface area contributed by atoms with Gasteiger partial charge in [-0.1, -0.05) is 6.92 Å². The van der Waals surface area contributed by atoms with E-state index < -0.39 is 11.0 Å². The normalized spacial score (nSPS) is 18.1. The molecule has 90 valence electrons. The molecule has 2 atom stereocenters. The van der Waals surface area contributed by atoms with Gasteiger partial charge in [0, 0.05) is 18.1 Å². The summed E-state index contributed by atoms with van der Waals surface area (Å²) < 4.78 is 9.99. The Bertz CT molecular complexity index is 222. The first-order valence-corrected chi connectivity index (χ1v) is 5.07. The number of hydrogen-bond donors (Lipinski definition) is 1. The Labute approximate surface area is 92.1 Å². The van der Waals surface area contributed by atoms with Crippen LogP contribution < -0.4 is 5.73 Å². The van der Waals surface area contributed by atoms with Crippen molar-refractivity contribution in [3.63, 3.8) is 0 Å². The third-order valence-electron chi connectivity index (χ3n) is 3.46. The maximum absolute atomic E-state index is 11.4. The molecule has 4 heteroatoms. The zero-order valence-corrected chi connectivity index (χ0v) is 10.6. The molecule has 0 saturated carbocycles. The quantitative estimate of drug-likeness (QED) is 0.706. The Balaban J connectivity index is 4.95. The van der Waals surface area contributed by atoms with Crippen molar-refractivity contribution < 1.29 is 14.3 Å². The molecule has 0 aliphatic rings. The van der Waals surface area contributed by atoms with E-state index in [0.29, 0.717) is 0 Å². The average molecular weight is 217 g/mol. The Morgan fingerprint density at radius 1 is 1.33 bits per heavy atom. The topological polar surface area (TPSA) is 61.5 Å². The molecule has 0 aromatic rings. The predicted molar refractivity (Wildman–Crippen MR) is 59.5 cm³/mol. The first kappa shape index (κ1) is 14.4. The van der Waals surface area contributed by atoms with Crippen molar-refractivity contribution in [1.29, 1.82) is 0 Å². The summed E-state index contributed by atoms with van der Waals surface area (Å²) >= 11 is 0. The number of ether oxygens (including phenoxy) is 2. The van der Waals surface area contributed by atoms with Crippen LogP contribution in [0.5, 0.6) is 0 Å². The van der Waals surface area contributed by atoms with Gasteiger partial charge in [0.05, 0.1) is 19.6 Å². The fourth-order valence-electron chi connectivity index (χ4n) is 1.53. The summed E-state index contributed by atoms with van der Waals surface area (Å²) in [6.07, 6.45) is 0.138. The van der Waals surface area contributed by atoms with Crippen LogP contribution in [-0.4, -0.2) is 31.8 Å². The molecule has 4 nitrogen and oxygen atoms in total. The molecule has 2 N–H and O–H groups in total. The first-order chi connectivity index (χ1) is 6.69. The standard InChI is InChI=1S/C11H23NO3/c1-8(14-5)11(4,10(2,3)12)7-9(13)15-6/h8H,7,12H2,1-6H3. The van der Waals surface area contributed by atoms with E-state index in [1.54, 1.807) is 7.11 Å². The molecule has 0 amide bonds. The van der Waals surface area contributed by atoms with Gasteiger partial charge in [0.2, 0.25) is 0 Å². The SMILES string of the molecule is COC(=O)CC(C)(C(C)OC)C(C)(C)N. The van der Waals surface area contributed by atoms with Gasteiger partial charge in [-0.25, -0.2) is 0 Å². The van der Waals surface area contributed by atoms with Crippen LogP contribution in [0.4, 0.5) is 0 Å². The highest BCUT2D eigenvalue weighted by Crippen LogP contribution is 2.38. The number of carbonyl (C=O) groups excluding carboxylic acids is 1. The number of nitrogens with two attached hydrogens (primary N) is 1. The van der Waals surface area contributed by atoms with Gasteiger partial charge >= 0.3 is 5.97 Å². The molecule has 0 heterocycles. The smallest absolute Gasteiger partial charge is 0.306 e. The average Bonchev–Trinajstić information content (AvgIpc) is 2.14. The number of esters is 1. The van der Waals surface area contributed by atoms with Crippen LogP contribution in [0.2, 0.25) is 0 Å². The van der Waals surface area contributed by atoms with Crippen LogP contribution in [0.15, 0.2) is 0 Å². The van der Waals surface area contributed by atoms with E-state index in [2.05, 4.69) is 4.74 Å². The third-order valence-corrected chi connectivity index (χ3v) is 3.46. The molecule has 0 saturated heterocycles. The summed E-state index contributed by atoms with van der Waals surface area (Å²) in [7, 11) is 3.00. The minimum Gasteiger partial charge on any atom is -0.469 e. The van der Waals surface area contributed by atoms with Gasteiger partial charge in [0.25, 0.3) is 0 Å². The molecule has 0 fully saturated rings. The summed E-state index contributed by atoms with van der Waals surface area (Å²) in [5.41, 5.74) is 5.14. The largest absolute Gasteiger partial charge is 0.469 e. The molecular formula is C11H23NO3. The van der Waals surface area contributed by atoms with Gasteiger partial charge in [-0.2, -0.15) is 0 Å². The van der Waals surface area contributed by atoms with Crippen molar-refractivity contribution in [3.8, 4) is 0 Å². The zero-order chi connectivity index (χ0) is 12.3. The van der Waals surface area contributed by atoms with Crippen molar-refractivity contribution in [2.24, 2.45) is 11.1 Å². The monoisotopic (exact) mass is 217 g/mol. The van der Waals surface area contributed by atoms with Crippen molar-refractivity contribution >= 4 is 5.97 Å². The summed E-state index contributed by atoms with van der Waals surface area (Å²) in [4.78, 5) is 11.4. The van der Waals surface area contributed by atoms with Gasteiger partial charge in [-0.15, -0.1) is 0 Å². The number of carbonyl (C=O) groups is 1. The fraction of sp³-hybridized carbons (Fsp3) is 0.909. The van der Waals surface area contributed by atoms with Gasteiger partial charge in [-0.3, -0.25) is 4.79 Å². The van der Waals surface area contributed by atoms with E-state index in [-0.39, 0.29) is 18.5 Å². The van der Waals surface area contributed by atoms with E-state index >= 15 is 0 Å². The lowest BCUT2D eigenvalue weighted by Gasteiger charge is -2.44. The summed E-state index contributed by atoms with van der Waals surface area (Å²) in [6.45, 7) is 7.65. The minimum absolute atomic E-state index is 0.114. The van der Waals surface area contributed by atoms with Crippen molar-refractivity contribution in [2.45, 2.75) is 45.8 Å². The van der Waals surface area contributed by atoms with Crippen LogP contribution in [-0.2, 0) is 14.3 Å². The number of rotatable bonds is 5. The van der Waals surface area contributed by atoms with Crippen LogP contribution >= 0.6 is 0 Å². The van der Waals surface area contributed by atoms with E-state index in [0.717, 1.165) is 0 Å². The van der Waals surface area contributed by atoms with Crippen LogP contribution in [0.25, 0.3) is 0 Å². The lowest BCUT2D eigenvalue weighted by Crippen LogP contribution is -2.56.